The van der Waals surface area contributed by atoms with Crippen LogP contribution in [-0.2, 0) is 19.1 Å². The van der Waals surface area contributed by atoms with Crippen molar-refractivity contribution in [2.75, 3.05) is 26.9 Å². The first-order valence-electron chi connectivity index (χ1n) is 10.6. The van der Waals surface area contributed by atoms with Gasteiger partial charge in [0, 0.05) is 25.1 Å². The molecule has 2 aromatic rings. The van der Waals surface area contributed by atoms with Crippen molar-refractivity contribution in [2.45, 2.75) is 25.3 Å². The molecule has 1 aliphatic carbocycles. The SMILES string of the molecule is COCC(C)(NC(=O)/C(C)=C/CNC(=O)OCC1c2ccccc2-c2ccccc21)C(=O)O. The van der Waals surface area contributed by atoms with E-state index in [1.807, 2.05) is 36.4 Å². The van der Waals surface area contributed by atoms with Crippen molar-refractivity contribution in [1.82, 2.24) is 10.6 Å². The summed E-state index contributed by atoms with van der Waals surface area (Å²) in [6.45, 7) is 2.96. The molecule has 0 spiro atoms. The number of benzene rings is 2. The van der Waals surface area contributed by atoms with Crippen molar-refractivity contribution in [3.63, 3.8) is 0 Å². The third-order valence-corrected chi connectivity index (χ3v) is 5.65. The Kier molecular flexibility index (Phi) is 7.50. The number of alkyl carbamates (subject to hydrolysis) is 1. The molecule has 0 fully saturated rings. The predicted molar refractivity (Wildman–Crippen MR) is 123 cm³/mol. The van der Waals surface area contributed by atoms with E-state index in [0.717, 1.165) is 22.3 Å². The third kappa shape index (κ3) is 5.40. The lowest BCUT2D eigenvalue weighted by atomic mass is 9.98. The van der Waals surface area contributed by atoms with Gasteiger partial charge >= 0.3 is 12.1 Å². The maximum atomic E-state index is 12.3. The lowest BCUT2D eigenvalue weighted by Gasteiger charge is -2.25. The van der Waals surface area contributed by atoms with Crippen LogP contribution < -0.4 is 10.6 Å². The quantitative estimate of drug-likeness (QED) is 0.504. The van der Waals surface area contributed by atoms with E-state index in [9.17, 15) is 19.5 Å². The highest BCUT2D eigenvalue weighted by atomic mass is 16.5. The number of carboxylic acid groups (broad SMARTS) is 1. The number of amides is 2. The van der Waals surface area contributed by atoms with E-state index in [2.05, 4.69) is 22.8 Å². The van der Waals surface area contributed by atoms with Gasteiger partial charge in [-0.1, -0.05) is 54.6 Å². The molecule has 8 heteroatoms. The minimum atomic E-state index is -1.55. The standard InChI is InChI=1S/C25H28N2O6/c1-16(22(28)27-25(2,15-32-3)23(29)30)12-13-26-24(31)33-14-21-19-10-6-4-8-17(19)18-9-5-7-11-20(18)21/h4-12,21H,13-15H2,1-3H3,(H,26,31)(H,27,28)(H,29,30)/b16-12+. The van der Waals surface area contributed by atoms with Crippen molar-refractivity contribution in [3.05, 3.63) is 71.3 Å². The summed E-state index contributed by atoms with van der Waals surface area (Å²) < 4.78 is 10.3. The number of ether oxygens (including phenoxy) is 2. The zero-order valence-electron chi connectivity index (χ0n) is 18.9. The lowest BCUT2D eigenvalue weighted by Crippen LogP contribution is -2.55. The van der Waals surface area contributed by atoms with Gasteiger partial charge in [0.25, 0.3) is 0 Å². The van der Waals surface area contributed by atoms with Crippen LogP contribution in [-0.4, -0.2) is 55.5 Å². The Morgan fingerprint density at radius 2 is 1.64 bits per heavy atom. The minimum absolute atomic E-state index is 0.0410. The van der Waals surface area contributed by atoms with Gasteiger partial charge in [-0.05, 0) is 36.1 Å². The van der Waals surface area contributed by atoms with Crippen molar-refractivity contribution < 1.29 is 29.0 Å². The van der Waals surface area contributed by atoms with Crippen LogP contribution in [0.4, 0.5) is 4.79 Å². The lowest BCUT2D eigenvalue weighted by molar-refractivity contribution is -0.148. The van der Waals surface area contributed by atoms with E-state index < -0.39 is 23.5 Å². The minimum Gasteiger partial charge on any atom is -0.479 e. The summed E-state index contributed by atoms with van der Waals surface area (Å²) >= 11 is 0. The molecular weight excluding hydrogens is 424 g/mol. The number of methoxy groups -OCH3 is 1. The maximum Gasteiger partial charge on any atom is 0.407 e. The molecule has 0 aliphatic heterocycles. The summed E-state index contributed by atoms with van der Waals surface area (Å²) in [4.78, 5) is 35.9. The summed E-state index contributed by atoms with van der Waals surface area (Å²) in [6, 6.07) is 16.1. The Morgan fingerprint density at radius 3 is 2.18 bits per heavy atom. The van der Waals surface area contributed by atoms with Gasteiger partial charge in [0.2, 0.25) is 5.91 Å². The van der Waals surface area contributed by atoms with Gasteiger partial charge in [0.15, 0.2) is 5.54 Å². The average molecular weight is 453 g/mol. The van der Waals surface area contributed by atoms with Gasteiger partial charge in [0.1, 0.15) is 6.61 Å². The molecule has 1 atom stereocenters. The topological polar surface area (TPSA) is 114 Å². The average Bonchev–Trinajstić information content (AvgIpc) is 3.11. The molecule has 0 heterocycles. The number of rotatable bonds is 9. The molecule has 2 aromatic carbocycles. The van der Waals surface area contributed by atoms with E-state index in [1.165, 1.54) is 27.0 Å². The van der Waals surface area contributed by atoms with Gasteiger partial charge in [-0.2, -0.15) is 0 Å². The summed E-state index contributed by atoms with van der Waals surface area (Å²) in [6.07, 6.45) is 0.891. The van der Waals surface area contributed by atoms with E-state index in [4.69, 9.17) is 9.47 Å². The summed E-state index contributed by atoms with van der Waals surface area (Å²) in [7, 11) is 1.36. The van der Waals surface area contributed by atoms with Gasteiger partial charge in [-0.25, -0.2) is 9.59 Å². The van der Waals surface area contributed by atoms with Gasteiger partial charge in [-0.3, -0.25) is 4.79 Å². The normalized spacial score (nSPS) is 14.6. The largest absolute Gasteiger partial charge is 0.479 e. The van der Waals surface area contributed by atoms with E-state index in [1.54, 1.807) is 0 Å². The van der Waals surface area contributed by atoms with E-state index in [0.29, 0.717) is 0 Å². The van der Waals surface area contributed by atoms with E-state index >= 15 is 0 Å². The molecule has 0 bridgehead atoms. The molecule has 0 saturated heterocycles. The molecule has 8 nitrogen and oxygen atoms in total. The van der Waals surface area contributed by atoms with Crippen LogP contribution in [0.3, 0.4) is 0 Å². The first-order valence-corrected chi connectivity index (χ1v) is 10.6. The Hall–Kier alpha value is -3.65. The Bertz CT molecular complexity index is 1030. The van der Waals surface area contributed by atoms with Gasteiger partial charge < -0.3 is 25.2 Å². The fraction of sp³-hybridized carbons (Fsp3) is 0.320. The highest BCUT2D eigenvalue weighted by Crippen LogP contribution is 2.44. The monoisotopic (exact) mass is 452 g/mol. The molecule has 0 saturated carbocycles. The number of carbonyl (C=O) groups excluding carboxylic acids is 2. The number of aliphatic carboxylic acids is 1. The second-order valence-electron chi connectivity index (χ2n) is 8.12. The van der Waals surface area contributed by atoms with Crippen LogP contribution in [0.5, 0.6) is 0 Å². The summed E-state index contributed by atoms with van der Waals surface area (Å²) in [5.41, 5.74) is 3.24. The third-order valence-electron chi connectivity index (χ3n) is 5.65. The Balaban J connectivity index is 1.53. The van der Waals surface area contributed by atoms with Gasteiger partial charge in [-0.15, -0.1) is 0 Å². The molecule has 0 aromatic heterocycles. The van der Waals surface area contributed by atoms with E-state index in [-0.39, 0.29) is 31.2 Å². The summed E-state index contributed by atoms with van der Waals surface area (Å²) in [5.74, 6) is -1.81. The predicted octanol–water partition coefficient (Wildman–Crippen LogP) is 3.08. The fourth-order valence-corrected chi connectivity index (χ4v) is 3.82. The van der Waals surface area contributed by atoms with Crippen LogP contribution in [0.1, 0.15) is 30.9 Å². The number of carboxylic acids is 1. The fourth-order valence-electron chi connectivity index (χ4n) is 3.82. The second kappa shape index (κ2) is 10.3. The number of hydrogen-bond acceptors (Lipinski definition) is 5. The van der Waals surface area contributed by atoms with Crippen LogP contribution in [0.15, 0.2) is 60.2 Å². The summed E-state index contributed by atoms with van der Waals surface area (Å²) in [5, 5.41) is 14.4. The molecule has 2 amide bonds. The highest BCUT2D eigenvalue weighted by Gasteiger charge is 2.35. The number of carbonyl (C=O) groups is 3. The molecule has 3 rings (SSSR count). The number of hydrogen-bond donors (Lipinski definition) is 3. The second-order valence-corrected chi connectivity index (χ2v) is 8.12. The number of fused-ring (bicyclic) bond motifs is 3. The molecule has 33 heavy (non-hydrogen) atoms. The van der Waals surface area contributed by atoms with Crippen LogP contribution in [0.25, 0.3) is 11.1 Å². The van der Waals surface area contributed by atoms with Crippen LogP contribution >= 0.6 is 0 Å². The smallest absolute Gasteiger partial charge is 0.407 e. The molecular formula is C25H28N2O6. The van der Waals surface area contributed by atoms with Gasteiger partial charge in [0.05, 0.1) is 6.61 Å². The molecule has 3 N–H and O–H groups in total. The van der Waals surface area contributed by atoms with Crippen LogP contribution in [0.2, 0.25) is 0 Å². The number of nitrogens with one attached hydrogen (secondary N) is 2. The van der Waals surface area contributed by atoms with Crippen molar-refractivity contribution in [2.24, 2.45) is 0 Å². The zero-order chi connectivity index (χ0) is 24.0. The molecule has 1 aliphatic rings. The van der Waals surface area contributed by atoms with Crippen molar-refractivity contribution in [3.8, 4) is 11.1 Å². The van der Waals surface area contributed by atoms with Crippen molar-refractivity contribution >= 4 is 18.0 Å². The molecule has 1 unspecified atom stereocenters. The first-order chi connectivity index (χ1) is 15.8. The Labute approximate surface area is 192 Å². The van der Waals surface area contributed by atoms with Crippen LogP contribution in [0, 0.1) is 0 Å². The Morgan fingerprint density at radius 1 is 1.06 bits per heavy atom. The molecule has 0 radical (unpaired) electrons. The van der Waals surface area contributed by atoms with Crippen molar-refractivity contribution in [1.29, 1.82) is 0 Å². The zero-order valence-corrected chi connectivity index (χ0v) is 18.9. The molecule has 174 valence electrons. The maximum absolute atomic E-state index is 12.3. The first kappa shape index (κ1) is 24.0. The highest BCUT2D eigenvalue weighted by molar-refractivity contribution is 5.96.